The number of phenols is 1. The quantitative estimate of drug-likeness (QED) is 0.569. The largest absolute Gasteiger partial charge is 0.507 e. The number of rotatable bonds is 8. The summed E-state index contributed by atoms with van der Waals surface area (Å²) in [6, 6.07) is 11.7. The van der Waals surface area contributed by atoms with Gasteiger partial charge in [0.2, 0.25) is 0 Å². The number of aromatic hydroxyl groups is 1. The van der Waals surface area contributed by atoms with E-state index in [0.29, 0.717) is 24.7 Å². The highest BCUT2D eigenvalue weighted by Gasteiger charge is 2.09. The van der Waals surface area contributed by atoms with Crippen LogP contribution in [0, 0.1) is 0 Å². The van der Waals surface area contributed by atoms with Crippen LogP contribution in [0.1, 0.15) is 36.2 Å². The Morgan fingerprint density at radius 1 is 1.16 bits per heavy atom. The zero-order valence-electron chi connectivity index (χ0n) is 14.4. The number of amides is 1. The molecule has 6 heteroatoms. The van der Waals surface area contributed by atoms with Gasteiger partial charge in [0.1, 0.15) is 5.75 Å². The lowest BCUT2D eigenvalue weighted by Gasteiger charge is -2.11. The summed E-state index contributed by atoms with van der Waals surface area (Å²) < 4.78 is 11.2. The highest BCUT2D eigenvalue weighted by molar-refractivity contribution is 5.97. The molecule has 0 aliphatic carbocycles. The Hall–Kier alpha value is -3.02. The fraction of sp³-hybridized carbons (Fsp3) is 0.263. The maximum atomic E-state index is 12.0. The number of hydrogen-bond donors (Lipinski definition) is 2. The van der Waals surface area contributed by atoms with E-state index in [-0.39, 0.29) is 11.3 Å². The lowest BCUT2D eigenvalue weighted by atomic mass is 10.2. The van der Waals surface area contributed by atoms with E-state index >= 15 is 0 Å². The minimum atomic E-state index is -0.484. The van der Waals surface area contributed by atoms with E-state index in [1.54, 1.807) is 18.2 Å². The van der Waals surface area contributed by atoms with Gasteiger partial charge in [0.15, 0.2) is 11.5 Å². The van der Waals surface area contributed by atoms with Crippen molar-refractivity contribution in [2.75, 3.05) is 13.2 Å². The molecule has 0 aliphatic heterocycles. The molecule has 0 radical (unpaired) electrons. The van der Waals surface area contributed by atoms with Crippen molar-refractivity contribution in [3.63, 3.8) is 0 Å². The molecular weight excluding hydrogens is 320 g/mol. The number of phenolic OH excluding ortho intramolecular Hbond substituents is 1. The van der Waals surface area contributed by atoms with Gasteiger partial charge in [0.25, 0.3) is 5.91 Å². The van der Waals surface area contributed by atoms with E-state index in [9.17, 15) is 9.90 Å². The van der Waals surface area contributed by atoms with E-state index in [2.05, 4.69) is 10.5 Å². The van der Waals surface area contributed by atoms with Crippen LogP contribution in [0.25, 0.3) is 0 Å². The van der Waals surface area contributed by atoms with Crippen LogP contribution in [0.5, 0.6) is 17.2 Å². The first-order chi connectivity index (χ1) is 12.2. The molecule has 25 heavy (non-hydrogen) atoms. The van der Waals surface area contributed by atoms with Crippen LogP contribution in [0.15, 0.2) is 47.6 Å². The number of carbonyl (C=O) groups is 1. The van der Waals surface area contributed by atoms with E-state index in [1.165, 1.54) is 18.3 Å². The van der Waals surface area contributed by atoms with Crippen LogP contribution in [-0.4, -0.2) is 30.4 Å². The van der Waals surface area contributed by atoms with E-state index in [0.717, 1.165) is 12.0 Å². The minimum absolute atomic E-state index is 0.0914. The average Bonchev–Trinajstić information content (AvgIpc) is 2.61. The normalized spacial score (nSPS) is 10.6. The van der Waals surface area contributed by atoms with Crippen molar-refractivity contribution >= 4 is 12.1 Å². The SMILES string of the molecule is CCCOc1ccc(/C=N\NC(=O)c2ccccc2O)cc1OCC. The van der Waals surface area contributed by atoms with Crippen LogP contribution < -0.4 is 14.9 Å². The Labute approximate surface area is 147 Å². The van der Waals surface area contributed by atoms with Gasteiger partial charge in [-0.05, 0) is 49.2 Å². The standard InChI is InChI=1S/C19H22N2O4/c1-3-11-25-17-10-9-14(12-18(17)24-4-2)13-20-21-19(23)15-7-5-6-8-16(15)22/h5-10,12-13,22H,3-4,11H2,1-2H3,(H,21,23)/b20-13-. The van der Waals surface area contributed by atoms with Gasteiger partial charge in [-0.25, -0.2) is 5.43 Å². The molecule has 2 rings (SSSR count). The summed E-state index contributed by atoms with van der Waals surface area (Å²) >= 11 is 0. The molecule has 0 saturated carbocycles. The third-order valence-corrected chi connectivity index (χ3v) is 3.26. The highest BCUT2D eigenvalue weighted by atomic mass is 16.5. The summed E-state index contributed by atoms with van der Waals surface area (Å²) in [6.45, 7) is 5.07. The fourth-order valence-electron chi connectivity index (χ4n) is 2.10. The third kappa shape index (κ3) is 5.24. The number of hydrogen-bond acceptors (Lipinski definition) is 5. The minimum Gasteiger partial charge on any atom is -0.507 e. The number of nitrogens with zero attached hydrogens (tertiary/aromatic N) is 1. The summed E-state index contributed by atoms with van der Waals surface area (Å²) in [7, 11) is 0. The van der Waals surface area contributed by atoms with Crippen molar-refractivity contribution in [2.45, 2.75) is 20.3 Å². The number of benzene rings is 2. The first-order valence-corrected chi connectivity index (χ1v) is 8.16. The second kappa shape index (κ2) is 9.32. The van der Waals surface area contributed by atoms with Gasteiger partial charge in [-0.15, -0.1) is 0 Å². The predicted molar refractivity (Wildman–Crippen MR) is 96.6 cm³/mol. The van der Waals surface area contributed by atoms with Crippen molar-refractivity contribution in [1.82, 2.24) is 5.43 Å². The Kier molecular flexibility index (Phi) is 6.83. The molecule has 0 aliphatic rings. The average molecular weight is 342 g/mol. The number of nitrogens with one attached hydrogen (secondary N) is 1. The van der Waals surface area contributed by atoms with Crippen LogP contribution in [0.4, 0.5) is 0 Å². The molecule has 6 nitrogen and oxygen atoms in total. The summed E-state index contributed by atoms with van der Waals surface area (Å²) in [4.78, 5) is 12.0. The zero-order valence-corrected chi connectivity index (χ0v) is 14.4. The van der Waals surface area contributed by atoms with Gasteiger partial charge in [0, 0.05) is 0 Å². The van der Waals surface area contributed by atoms with Gasteiger partial charge in [0.05, 0.1) is 25.0 Å². The van der Waals surface area contributed by atoms with Crippen molar-refractivity contribution in [3.8, 4) is 17.2 Å². The molecule has 2 N–H and O–H groups in total. The Balaban J connectivity index is 2.06. The summed E-state index contributed by atoms with van der Waals surface area (Å²) in [5.41, 5.74) is 3.31. The second-order valence-electron chi connectivity index (χ2n) is 5.20. The molecule has 0 spiro atoms. The molecule has 0 bridgehead atoms. The van der Waals surface area contributed by atoms with Crippen LogP contribution in [0.2, 0.25) is 0 Å². The smallest absolute Gasteiger partial charge is 0.275 e. The van der Waals surface area contributed by atoms with Gasteiger partial charge in [-0.1, -0.05) is 19.1 Å². The summed E-state index contributed by atoms with van der Waals surface area (Å²) in [5.74, 6) is 0.736. The summed E-state index contributed by atoms with van der Waals surface area (Å²) in [6.07, 6.45) is 2.41. The topological polar surface area (TPSA) is 80.2 Å². The molecule has 0 unspecified atom stereocenters. The molecule has 132 valence electrons. The third-order valence-electron chi connectivity index (χ3n) is 3.26. The van der Waals surface area contributed by atoms with E-state index in [4.69, 9.17) is 9.47 Å². The van der Waals surface area contributed by atoms with Gasteiger partial charge < -0.3 is 14.6 Å². The Morgan fingerprint density at radius 2 is 1.96 bits per heavy atom. The van der Waals surface area contributed by atoms with E-state index < -0.39 is 5.91 Å². The predicted octanol–water partition coefficient (Wildman–Crippen LogP) is 3.34. The van der Waals surface area contributed by atoms with Crippen LogP contribution in [0.3, 0.4) is 0 Å². The molecule has 2 aromatic carbocycles. The molecule has 0 fully saturated rings. The monoisotopic (exact) mass is 342 g/mol. The van der Waals surface area contributed by atoms with Crippen molar-refractivity contribution in [3.05, 3.63) is 53.6 Å². The maximum Gasteiger partial charge on any atom is 0.275 e. The molecule has 0 saturated heterocycles. The van der Waals surface area contributed by atoms with E-state index in [1.807, 2.05) is 26.0 Å². The van der Waals surface area contributed by atoms with Crippen LogP contribution >= 0.6 is 0 Å². The first-order valence-electron chi connectivity index (χ1n) is 8.16. The molecule has 0 heterocycles. The van der Waals surface area contributed by atoms with Crippen molar-refractivity contribution < 1.29 is 19.4 Å². The second-order valence-corrected chi connectivity index (χ2v) is 5.20. The van der Waals surface area contributed by atoms with Gasteiger partial charge >= 0.3 is 0 Å². The molecule has 2 aromatic rings. The van der Waals surface area contributed by atoms with Crippen molar-refractivity contribution in [1.29, 1.82) is 0 Å². The van der Waals surface area contributed by atoms with Gasteiger partial charge in [-0.2, -0.15) is 5.10 Å². The lowest BCUT2D eigenvalue weighted by Crippen LogP contribution is -2.17. The highest BCUT2D eigenvalue weighted by Crippen LogP contribution is 2.28. The molecule has 0 aromatic heterocycles. The lowest BCUT2D eigenvalue weighted by molar-refractivity contribution is 0.0952. The fourth-order valence-corrected chi connectivity index (χ4v) is 2.10. The van der Waals surface area contributed by atoms with Crippen molar-refractivity contribution in [2.24, 2.45) is 5.10 Å². The van der Waals surface area contributed by atoms with Crippen LogP contribution in [-0.2, 0) is 0 Å². The number of hydrazone groups is 1. The number of para-hydroxylation sites is 1. The summed E-state index contributed by atoms with van der Waals surface area (Å²) in [5, 5.41) is 13.6. The zero-order chi connectivity index (χ0) is 18.1. The Bertz CT molecular complexity index is 744. The Morgan fingerprint density at radius 3 is 2.68 bits per heavy atom. The molecular formula is C19H22N2O4. The number of carbonyl (C=O) groups excluding carboxylic acids is 1. The van der Waals surface area contributed by atoms with Gasteiger partial charge in [-0.3, -0.25) is 4.79 Å². The maximum absolute atomic E-state index is 12.0. The number of ether oxygens (including phenoxy) is 2. The molecule has 1 amide bonds. The first kappa shape index (κ1) is 18.3. The molecule has 0 atom stereocenters.